The molecule has 35 heavy (non-hydrogen) atoms. The van der Waals surface area contributed by atoms with E-state index in [1.165, 1.54) is 0 Å². The van der Waals surface area contributed by atoms with Gasteiger partial charge in [-0.3, -0.25) is 9.89 Å². The molecule has 0 aliphatic heterocycles. The molecule has 1 heterocycles. The second kappa shape index (κ2) is 11.7. The Morgan fingerprint density at radius 1 is 1.00 bits per heavy atom. The molecule has 0 bridgehead atoms. The molecule has 1 amide bonds. The lowest BCUT2D eigenvalue weighted by Gasteiger charge is -2.20. The number of anilines is 1. The second-order valence-electron chi connectivity index (χ2n) is 7.93. The van der Waals surface area contributed by atoms with E-state index in [1.54, 1.807) is 12.3 Å². The highest BCUT2D eigenvalue weighted by Gasteiger charge is 2.11. The predicted molar refractivity (Wildman–Crippen MR) is 140 cm³/mol. The van der Waals surface area contributed by atoms with Crippen LogP contribution < -0.4 is 15.1 Å². The van der Waals surface area contributed by atoms with Crippen LogP contribution in [0, 0.1) is 0 Å². The van der Waals surface area contributed by atoms with Gasteiger partial charge in [-0.2, -0.15) is 10.2 Å². The van der Waals surface area contributed by atoms with Crippen LogP contribution in [0.15, 0.2) is 90.0 Å². The zero-order valence-electron chi connectivity index (χ0n) is 19.9. The molecule has 7 heteroatoms. The molecular weight excluding hydrogens is 438 g/mol. The lowest BCUT2D eigenvalue weighted by molar-refractivity contribution is 0.0950. The predicted octanol–water partition coefficient (Wildman–Crippen LogP) is 5.27. The van der Waals surface area contributed by atoms with Crippen molar-refractivity contribution in [3.63, 3.8) is 0 Å². The van der Waals surface area contributed by atoms with Gasteiger partial charge in [0.25, 0.3) is 5.91 Å². The Morgan fingerprint density at radius 2 is 1.71 bits per heavy atom. The monoisotopic (exact) mass is 467 g/mol. The number of nitrogens with one attached hydrogen (secondary N) is 2. The van der Waals surface area contributed by atoms with Gasteiger partial charge in [0.05, 0.1) is 11.9 Å². The number of H-pyrrole nitrogens is 1. The summed E-state index contributed by atoms with van der Waals surface area (Å²) in [5.41, 5.74) is 7.60. The summed E-state index contributed by atoms with van der Waals surface area (Å²) < 4.78 is 5.83. The Morgan fingerprint density at radius 3 is 2.40 bits per heavy atom. The van der Waals surface area contributed by atoms with Crippen LogP contribution >= 0.6 is 0 Å². The number of nitrogens with zero attached hydrogens (tertiary/aromatic N) is 3. The molecule has 178 valence electrons. The van der Waals surface area contributed by atoms with Gasteiger partial charge >= 0.3 is 0 Å². The minimum atomic E-state index is -0.359. The SMILES string of the molecule is CCN(CC)c1ccc(/C=N\NC(=O)c2cc(-c3ccc(OCc4ccccc4)cc3)n[nH]2)cc1. The zero-order chi connectivity index (χ0) is 24.5. The molecule has 0 fully saturated rings. The first-order valence-corrected chi connectivity index (χ1v) is 11.7. The molecule has 0 aliphatic rings. The van der Waals surface area contributed by atoms with Crippen molar-refractivity contribution >= 4 is 17.8 Å². The van der Waals surface area contributed by atoms with Gasteiger partial charge in [0.1, 0.15) is 18.1 Å². The summed E-state index contributed by atoms with van der Waals surface area (Å²) in [5.74, 6) is 0.410. The first-order chi connectivity index (χ1) is 17.2. The van der Waals surface area contributed by atoms with E-state index in [2.05, 4.69) is 51.6 Å². The number of hydrogen-bond donors (Lipinski definition) is 2. The molecule has 3 aromatic carbocycles. The van der Waals surface area contributed by atoms with Gasteiger partial charge in [0, 0.05) is 24.3 Å². The fourth-order valence-corrected chi connectivity index (χ4v) is 3.63. The Hall–Kier alpha value is -4.39. The van der Waals surface area contributed by atoms with Crippen molar-refractivity contribution in [2.24, 2.45) is 5.10 Å². The summed E-state index contributed by atoms with van der Waals surface area (Å²) in [5, 5.41) is 11.1. The van der Waals surface area contributed by atoms with E-state index in [1.807, 2.05) is 66.7 Å². The molecule has 0 aliphatic carbocycles. The molecule has 4 aromatic rings. The van der Waals surface area contributed by atoms with Crippen LogP contribution in [0.5, 0.6) is 5.75 Å². The quantitative estimate of drug-likeness (QED) is 0.246. The third-order valence-corrected chi connectivity index (χ3v) is 5.62. The lowest BCUT2D eigenvalue weighted by atomic mass is 10.1. The minimum Gasteiger partial charge on any atom is -0.489 e. The van der Waals surface area contributed by atoms with Crippen molar-refractivity contribution < 1.29 is 9.53 Å². The van der Waals surface area contributed by atoms with Crippen LogP contribution in [0.3, 0.4) is 0 Å². The van der Waals surface area contributed by atoms with Crippen molar-refractivity contribution in [2.45, 2.75) is 20.5 Å². The highest BCUT2D eigenvalue weighted by molar-refractivity contribution is 5.94. The number of hydrogen-bond acceptors (Lipinski definition) is 5. The molecule has 1 aromatic heterocycles. The average Bonchev–Trinajstić information content (AvgIpc) is 3.40. The summed E-state index contributed by atoms with van der Waals surface area (Å²) in [6, 6.07) is 27.4. The van der Waals surface area contributed by atoms with Crippen LogP contribution in [-0.2, 0) is 6.61 Å². The number of benzene rings is 3. The van der Waals surface area contributed by atoms with E-state index >= 15 is 0 Å². The summed E-state index contributed by atoms with van der Waals surface area (Å²) >= 11 is 0. The van der Waals surface area contributed by atoms with E-state index in [0.717, 1.165) is 41.2 Å². The molecule has 0 saturated heterocycles. The van der Waals surface area contributed by atoms with Crippen molar-refractivity contribution in [3.8, 4) is 17.0 Å². The molecule has 4 rings (SSSR count). The van der Waals surface area contributed by atoms with Crippen molar-refractivity contribution in [2.75, 3.05) is 18.0 Å². The van der Waals surface area contributed by atoms with Gasteiger partial charge < -0.3 is 9.64 Å². The van der Waals surface area contributed by atoms with Gasteiger partial charge in [-0.1, -0.05) is 42.5 Å². The number of carbonyl (C=O) groups is 1. The number of ether oxygens (including phenoxy) is 1. The Bertz CT molecular complexity index is 1240. The van der Waals surface area contributed by atoms with Gasteiger partial charge in [-0.05, 0) is 67.4 Å². The number of rotatable bonds is 10. The molecular formula is C28H29N5O2. The zero-order valence-corrected chi connectivity index (χ0v) is 19.9. The maximum Gasteiger partial charge on any atom is 0.289 e. The van der Waals surface area contributed by atoms with E-state index in [9.17, 15) is 4.79 Å². The minimum absolute atomic E-state index is 0.332. The Labute approximate surface area is 205 Å². The van der Waals surface area contributed by atoms with Crippen molar-refractivity contribution in [1.29, 1.82) is 0 Å². The number of carbonyl (C=O) groups excluding carboxylic acids is 1. The summed E-state index contributed by atoms with van der Waals surface area (Å²) in [6.45, 7) is 6.68. The average molecular weight is 468 g/mol. The summed E-state index contributed by atoms with van der Waals surface area (Å²) in [6.07, 6.45) is 1.62. The van der Waals surface area contributed by atoms with Crippen molar-refractivity contribution in [1.82, 2.24) is 15.6 Å². The maximum atomic E-state index is 12.5. The van der Waals surface area contributed by atoms with Crippen LogP contribution in [0.25, 0.3) is 11.3 Å². The van der Waals surface area contributed by atoms with E-state index in [4.69, 9.17) is 4.74 Å². The lowest BCUT2D eigenvalue weighted by Crippen LogP contribution is -2.21. The standard InChI is InChI=1S/C28H29N5O2/c1-3-33(4-2)24-14-10-21(11-15-24)19-29-32-28(34)27-18-26(30-31-27)23-12-16-25(17-13-23)35-20-22-8-6-5-7-9-22/h5-19H,3-4,20H2,1-2H3,(H,30,31)(H,32,34)/b29-19-. The van der Waals surface area contributed by atoms with E-state index in [-0.39, 0.29) is 5.91 Å². The smallest absolute Gasteiger partial charge is 0.289 e. The van der Waals surface area contributed by atoms with Crippen LogP contribution in [0.2, 0.25) is 0 Å². The highest BCUT2D eigenvalue weighted by Crippen LogP contribution is 2.22. The van der Waals surface area contributed by atoms with Gasteiger partial charge in [-0.25, -0.2) is 5.43 Å². The number of aromatic amines is 1. The van der Waals surface area contributed by atoms with Crippen LogP contribution in [0.1, 0.15) is 35.5 Å². The largest absolute Gasteiger partial charge is 0.489 e. The number of hydrazone groups is 1. The molecule has 0 radical (unpaired) electrons. The second-order valence-corrected chi connectivity index (χ2v) is 7.93. The third-order valence-electron chi connectivity index (χ3n) is 5.62. The fourth-order valence-electron chi connectivity index (χ4n) is 3.63. The van der Waals surface area contributed by atoms with E-state index in [0.29, 0.717) is 18.0 Å². The highest BCUT2D eigenvalue weighted by atomic mass is 16.5. The Kier molecular flexibility index (Phi) is 7.91. The number of aromatic nitrogens is 2. The molecule has 0 spiro atoms. The topological polar surface area (TPSA) is 82.6 Å². The van der Waals surface area contributed by atoms with E-state index < -0.39 is 0 Å². The molecule has 7 nitrogen and oxygen atoms in total. The molecule has 0 atom stereocenters. The van der Waals surface area contributed by atoms with Crippen molar-refractivity contribution in [3.05, 3.63) is 102 Å². The Balaban J connectivity index is 1.31. The van der Waals surface area contributed by atoms with Gasteiger partial charge in [0.2, 0.25) is 0 Å². The molecule has 2 N–H and O–H groups in total. The summed E-state index contributed by atoms with van der Waals surface area (Å²) in [4.78, 5) is 14.7. The fraction of sp³-hybridized carbons (Fsp3) is 0.179. The number of amides is 1. The summed E-state index contributed by atoms with van der Waals surface area (Å²) in [7, 11) is 0. The third kappa shape index (κ3) is 6.35. The maximum absolute atomic E-state index is 12.5. The molecule has 0 unspecified atom stereocenters. The van der Waals surface area contributed by atoms with Gasteiger partial charge in [-0.15, -0.1) is 0 Å². The molecule has 0 saturated carbocycles. The normalized spacial score (nSPS) is 10.9. The van der Waals surface area contributed by atoms with Crippen LogP contribution in [0.4, 0.5) is 5.69 Å². The van der Waals surface area contributed by atoms with Crippen LogP contribution in [-0.4, -0.2) is 35.4 Å². The van der Waals surface area contributed by atoms with Gasteiger partial charge in [0.15, 0.2) is 0 Å². The first kappa shape index (κ1) is 23.8. The first-order valence-electron chi connectivity index (χ1n) is 11.7.